The fourth-order valence-electron chi connectivity index (χ4n) is 2.17. The van der Waals surface area contributed by atoms with Gasteiger partial charge in [-0.3, -0.25) is 9.59 Å². The summed E-state index contributed by atoms with van der Waals surface area (Å²) in [5, 5.41) is 0. The summed E-state index contributed by atoms with van der Waals surface area (Å²) in [6.45, 7) is 0. The number of ketones is 2. The van der Waals surface area contributed by atoms with Crippen LogP contribution in [0.2, 0.25) is 0 Å². The molecule has 0 atom stereocenters. The molecule has 1 heterocycles. The Morgan fingerprint density at radius 1 is 1.00 bits per heavy atom. The fraction of sp³-hybridized carbons (Fsp3) is 0.0667. The Morgan fingerprint density at radius 2 is 1.67 bits per heavy atom. The van der Waals surface area contributed by atoms with Crippen LogP contribution >= 0.6 is 31.9 Å². The zero-order valence-electron chi connectivity index (χ0n) is 10.5. The smallest absolute Gasteiger partial charge is 0.241 e. The van der Waals surface area contributed by atoms with Gasteiger partial charge in [-0.25, -0.2) is 4.39 Å². The lowest BCUT2D eigenvalue weighted by molar-refractivity contribution is -0.111. The van der Waals surface area contributed by atoms with E-state index in [-0.39, 0.29) is 15.9 Å². The summed E-state index contributed by atoms with van der Waals surface area (Å²) in [5.41, 5.74) is 1.69. The topological polar surface area (TPSA) is 47.3 Å². The van der Waals surface area contributed by atoms with Gasteiger partial charge in [-0.1, -0.05) is 12.1 Å². The molecular formula is C15H7Br2FO3. The maximum Gasteiger partial charge on any atom is 0.241 e. The van der Waals surface area contributed by atoms with Crippen LogP contribution in [-0.4, -0.2) is 11.6 Å². The predicted octanol–water partition coefficient (Wildman–Crippen LogP) is 4.23. The number of carbonyl (C=O) groups is 2. The highest BCUT2D eigenvalue weighted by molar-refractivity contribution is 9.16. The first-order valence-corrected chi connectivity index (χ1v) is 7.57. The number of Topliss-reactive ketones (excluding diaryl/α,β-unsaturated/α-hetero) is 2. The van der Waals surface area contributed by atoms with E-state index in [1.165, 1.54) is 18.4 Å². The molecule has 0 spiro atoms. The number of rotatable bonds is 2. The van der Waals surface area contributed by atoms with E-state index in [4.69, 9.17) is 4.42 Å². The Morgan fingerprint density at radius 3 is 2.33 bits per heavy atom. The average Bonchev–Trinajstić information content (AvgIpc) is 2.89. The maximum absolute atomic E-state index is 12.9. The van der Waals surface area contributed by atoms with Gasteiger partial charge in [0.25, 0.3) is 0 Å². The van der Waals surface area contributed by atoms with Crippen LogP contribution in [0.4, 0.5) is 4.39 Å². The third-order valence-corrected chi connectivity index (χ3v) is 5.25. The highest BCUT2D eigenvalue weighted by Crippen LogP contribution is 2.39. The van der Waals surface area contributed by atoms with Gasteiger partial charge in [-0.2, -0.15) is 0 Å². The van der Waals surface area contributed by atoms with Gasteiger partial charge >= 0.3 is 0 Å². The minimum atomic E-state index is -0.615. The van der Waals surface area contributed by atoms with E-state index in [1.54, 1.807) is 12.1 Å². The van der Waals surface area contributed by atoms with Gasteiger partial charge in [0, 0.05) is 12.0 Å². The van der Waals surface area contributed by atoms with Gasteiger partial charge in [0.1, 0.15) is 5.82 Å². The molecule has 0 bridgehead atoms. The lowest BCUT2D eigenvalue weighted by Crippen LogP contribution is -2.20. The minimum absolute atomic E-state index is 0.155. The number of halogens is 3. The van der Waals surface area contributed by atoms with Crippen molar-refractivity contribution in [2.75, 3.05) is 0 Å². The van der Waals surface area contributed by atoms with Crippen LogP contribution in [0.3, 0.4) is 0 Å². The van der Waals surface area contributed by atoms with E-state index in [2.05, 4.69) is 31.9 Å². The molecule has 2 aromatic rings. The third-order valence-electron chi connectivity index (χ3n) is 3.20. The molecule has 0 radical (unpaired) electrons. The Kier molecular flexibility index (Phi) is 3.67. The van der Waals surface area contributed by atoms with Crippen molar-refractivity contribution in [1.82, 2.24) is 0 Å². The zero-order chi connectivity index (χ0) is 15.1. The Labute approximate surface area is 136 Å². The summed E-state index contributed by atoms with van der Waals surface area (Å²) in [6.07, 6.45) is 1.84. The third kappa shape index (κ3) is 2.42. The van der Waals surface area contributed by atoms with Crippen molar-refractivity contribution in [3.05, 3.63) is 63.3 Å². The highest BCUT2D eigenvalue weighted by Gasteiger charge is 2.35. The molecule has 1 aromatic heterocycles. The molecule has 0 fully saturated rings. The van der Waals surface area contributed by atoms with Gasteiger partial charge in [0.2, 0.25) is 11.6 Å². The molecule has 1 aliphatic rings. The molecule has 21 heavy (non-hydrogen) atoms. The SMILES string of the molecule is O=C1C(=O)c2c(Cc3ccc(F)cc3)coc2C(Br)=C1Br. The first-order chi connectivity index (χ1) is 9.99. The first-order valence-electron chi connectivity index (χ1n) is 5.98. The van der Waals surface area contributed by atoms with Crippen LogP contribution in [0.15, 0.2) is 39.4 Å². The number of hydrogen-bond acceptors (Lipinski definition) is 3. The van der Waals surface area contributed by atoms with Crippen molar-refractivity contribution in [2.45, 2.75) is 6.42 Å². The fourth-order valence-corrected chi connectivity index (χ4v) is 3.00. The van der Waals surface area contributed by atoms with Gasteiger partial charge in [0.05, 0.1) is 20.8 Å². The van der Waals surface area contributed by atoms with Crippen LogP contribution in [0.25, 0.3) is 4.48 Å². The highest BCUT2D eigenvalue weighted by atomic mass is 79.9. The number of benzene rings is 1. The molecule has 0 saturated carbocycles. The predicted molar refractivity (Wildman–Crippen MR) is 82.0 cm³/mol. The number of allylic oxidation sites excluding steroid dienone is 1. The van der Waals surface area contributed by atoms with E-state index >= 15 is 0 Å². The summed E-state index contributed by atoms with van der Waals surface area (Å²) in [4.78, 5) is 24.0. The number of hydrogen-bond donors (Lipinski definition) is 0. The summed E-state index contributed by atoms with van der Waals surface area (Å²) < 4.78 is 18.9. The Balaban J connectivity index is 2.04. The lowest BCUT2D eigenvalue weighted by atomic mass is 9.95. The van der Waals surface area contributed by atoms with Crippen LogP contribution in [0, 0.1) is 5.82 Å². The second-order valence-corrected chi connectivity index (χ2v) is 6.14. The largest absolute Gasteiger partial charge is 0.463 e. The molecule has 106 valence electrons. The maximum atomic E-state index is 12.9. The minimum Gasteiger partial charge on any atom is -0.463 e. The van der Waals surface area contributed by atoms with Gasteiger partial charge in [0.15, 0.2) is 5.76 Å². The standard InChI is InChI=1S/C15H7Br2FO3/c16-11-12(17)15-10(13(19)14(11)20)8(6-21-15)5-7-1-3-9(18)4-2-7/h1-4,6H,5H2. The number of carbonyl (C=O) groups excluding carboxylic acids is 2. The monoisotopic (exact) mass is 412 g/mol. The van der Waals surface area contributed by atoms with Crippen LogP contribution < -0.4 is 0 Å². The molecule has 1 aliphatic carbocycles. The zero-order valence-corrected chi connectivity index (χ0v) is 13.6. The number of furan rings is 1. The van der Waals surface area contributed by atoms with Crippen LogP contribution in [0.5, 0.6) is 0 Å². The lowest BCUT2D eigenvalue weighted by Gasteiger charge is -2.10. The molecule has 0 amide bonds. The molecule has 0 N–H and O–H groups in total. The first kappa shape index (κ1) is 14.4. The van der Waals surface area contributed by atoms with Crippen LogP contribution in [-0.2, 0) is 11.2 Å². The van der Waals surface area contributed by atoms with E-state index < -0.39 is 11.6 Å². The molecule has 0 aliphatic heterocycles. The van der Waals surface area contributed by atoms with Crippen molar-refractivity contribution in [3.63, 3.8) is 0 Å². The van der Waals surface area contributed by atoms with Crippen molar-refractivity contribution in [2.24, 2.45) is 0 Å². The summed E-state index contributed by atoms with van der Waals surface area (Å²) in [5.74, 6) is -1.21. The number of fused-ring (bicyclic) bond motifs is 1. The molecule has 0 unspecified atom stereocenters. The van der Waals surface area contributed by atoms with E-state index in [0.29, 0.717) is 22.2 Å². The molecule has 3 rings (SSSR count). The summed E-state index contributed by atoms with van der Waals surface area (Å²) >= 11 is 6.32. The van der Waals surface area contributed by atoms with Gasteiger partial charge in [-0.15, -0.1) is 0 Å². The molecule has 1 aromatic carbocycles. The van der Waals surface area contributed by atoms with Crippen molar-refractivity contribution < 1.29 is 18.4 Å². The van der Waals surface area contributed by atoms with E-state index in [9.17, 15) is 14.0 Å². The molecular weight excluding hydrogens is 407 g/mol. The Bertz CT molecular complexity index is 788. The normalized spacial score (nSPS) is 14.6. The van der Waals surface area contributed by atoms with Crippen LogP contribution in [0.1, 0.15) is 27.2 Å². The average molecular weight is 414 g/mol. The second kappa shape index (κ2) is 5.35. The van der Waals surface area contributed by atoms with Crippen molar-refractivity contribution >= 4 is 47.9 Å². The Hall–Kier alpha value is -1.53. The molecule has 3 nitrogen and oxygen atoms in total. The summed E-state index contributed by atoms with van der Waals surface area (Å²) in [7, 11) is 0. The van der Waals surface area contributed by atoms with Crippen molar-refractivity contribution in [3.8, 4) is 0 Å². The second-order valence-electron chi connectivity index (χ2n) is 4.55. The van der Waals surface area contributed by atoms with E-state index in [1.807, 2.05) is 0 Å². The van der Waals surface area contributed by atoms with Crippen molar-refractivity contribution in [1.29, 1.82) is 0 Å². The molecule has 0 saturated heterocycles. The quantitative estimate of drug-likeness (QED) is 0.692. The summed E-state index contributed by atoms with van der Waals surface area (Å²) in [6, 6.07) is 5.96. The van der Waals surface area contributed by atoms with E-state index in [0.717, 1.165) is 5.56 Å². The molecule has 6 heteroatoms. The van der Waals surface area contributed by atoms with Gasteiger partial charge < -0.3 is 4.42 Å². The van der Waals surface area contributed by atoms with Gasteiger partial charge in [-0.05, 0) is 49.6 Å².